The Morgan fingerprint density at radius 1 is 1.43 bits per heavy atom. The first kappa shape index (κ1) is 15.9. The predicted molar refractivity (Wildman–Crippen MR) is 78.4 cm³/mol. The van der Waals surface area contributed by atoms with Crippen molar-refractivity contribution in [1.29, 1.82) is 0 Å². The van der Waals surface area contributed by atoms with Crippen LogP contribution in [-0.2, 0) is 10.2 Å². The Morgan fingerprint density at radius 2 is 2.05 bits per heavy atom. The quantitative estimate of drug-likeness (QED) is 0.515. The molecule has 0 aliphatic carbocycles. The van der Waals surface area contributed by atoms with Gasteiger partial charge in [-0.15, -0.1) is 0 Å². The highest BCUT2D eigenvalue weighted by molar-refractivity contribution is 7.90. The van der Waals surface area contributed by atoms with Crippen molar-refractivity contribution in [3.05, 3.63) is 27.4 Å². The van der Waals surface area contributed by atoms with Gasteiger partial charge in [0, 0.05) is 19.2 Å². The van der Waals surface area contributed by atoms with Crippen molar-refractivity contribution >= 4 is 33.3 Å². The Morgan fingerprint density at radius 3 is 2.62 bits per heavy atom. The second kappa shape index (κ2) is 6.12. The maximum absolute atomic E-state index is 12.3. The van der Waals surface area contributed by atoms with Gasteiger partial charge in [0.05, 0.1) is 4.92 Å². The van der Waals surface area contributed by atoms with Crippen LogP contribution in [0, 0.1) is 16.0 Å². The standard InChI is InChI=1S/C11H15ClN4O4S/c1-8-4-6-15(7-5-8)21(19,20)14-11-9(16(17)18)2-3-10(12)13-11/h2-3,8H,4-7H2,1H3,(H,13,14). The van der Waals surface area contributed by atoms with E-state index in [9.17, 15) is 18.5 Å². The summed E-state index contributed by atoms with van der Waals surface area (Å²) in [6.07, 6.45) is 1.51. The third-order valence-corrected chi connectivity index (χ3v) is 5.05. The average molecular weight is 335 g/mol. The molecule has 0 amide bonds. The molecule has 10 heteroatoms. The monoisotopic (exact) mass is 334 g/mol. The zero-order valence-electron chi connectivity index (χ0n) is 11.3. The fraction of sp³-hybridized carbons (Fsp3) is 0.545. The van der Waals surface area contributed by atoms with Crippen LogP contribution < -0.4 is 4.72 Å². The summed E-state index contributed by atoms with van der Waals surface area (Å²) >= 11 is 5.67. The second-order valence-electron chi connectivity index (χ2n) is 4.95. The number of anilines is 1. The largest absolute Gasteiger partial charge is 0.312 e. The number of nitrogens with one attached hydrogen (secondary N) is 1. The highest BCUT2D eigenvalue weighted by Gasteiger charge is 2.29. The van der Waals surface area contributed by atoms with Crippen molar-refractivity contribution in [1.82, 2.24) is 9.29 Å². The van der Waals surface area contributed by atoms with Crippen molar-refractivity contribution in [3.8, 4) is 0 Å². The van der Waals surface area contributed by atoms with Crippen LogP contribution in [0.5, 0.6) is 0 Å². The topological polar surface area (TPSA) is 105 Å². The van der Waals surface area contributed by atoms with Crippen molar-refractivity contribution in [3.63, 3.8) is 0 Å². The number of aromatic nitrogens is 1. The summed E-state index contributed by atoms with van der Waals surface area (Å²) in [5, 5.41) is 10.9. The molecule has 1 N–H and O–H groups in total. The van der Waals surface area contributed by atoms with Gasteiger partial charge in [-0.2, -0.15) is 12.7 Å². The molecule has 8 nitrogen and oxygen atoms in total. The van der Waals surface area contributed by atoms with Gasteiger partial charge in [0.15, 0.2) is 0 Å². The predicted octanol–water partition coefficient (Wildman–Crippen LogP) is 2.03. The van der Waals surface area contributed by atoms with E-state index in [0.717, 1.165) is 18.9 Å². The highest BCUT2D eigenvalue weighted by atomic mass is 35.5. The van der Waals surface area contributed by atoms with E-state index in [-0.39, 0.29) is 11.0 Å². The lowest BCUT2D eigenvalue weighted by molar-refractivity contribution is -0.384. The third-order valence-electron chi connectivity index (χ3n) is 3.34. The number of halogens is 1. The van der Waals surface area contributed by atoms with Crippen molar-refractivity contribution in [2.45, 2.75) is 19.8 Å². The van der Waals surface area contributed by atoms with Crippen LogP contribution in [0.4, 0.5) is 11.5 Å². The smallest absolute Gasteiger partial charge is 0.258 e. The van der Waals surface area contributed by atoms with Crippen LogP contribution in [0.25, 0.3) is 0 Å². The molecule has 0 unspecified atom stereocenters. The number of hydrogen-bond acceptors (Lipinski definition) is 5. The zero-order chi connectivity index (χ0) is 15.6. The molecule has 0 saturated carbocycles. The molecule has 1 saturated heterocycles. The van der Waals surface area contributed by atoms with Crippen LogP contribution in [0.2, 0.25) is 5.15 Å². The molecule has 1 aliphatic rings. The van der Waals surface area contributed by atoms with Crippen molar-refractivity contribution in [2.75, 3.05) is 17.8 Å². The number of nitro groups is 1. The number of pyridine rings is 1. The molecule has 1 aromatic heterocycles. The Kier molecular flexibility index (Phi) is 4.64. The lowest BCUT2D eigenvalue weighted by atomic mass is 10.0. The van der Waals surface area contributed by atoms with Gasteiger partial charge < -0.3 is 0 Å². The van der Waals surface area contributed by atoms with Gasteiger partial charge in [-0.1, -0.05) is 18.5 Å². The summed E-state index contributed by atoms with van der Waals surface area (Å²) in [6.45, 7) is 2.82. The van der Waals surface area contributed by atoms with Gasteiger partial charge in [-0.05, 0) is 24.8 Å². The summed E-state index contributed by atoms with van der Waals surface area (Å²) in [7, 11) is -3.87. The molecule has 0 bridgehead atoms. The van der Waals surface area contributed by atoms with Crippen LogP contribution >= 0.6 is 11.6 Å². The fourth-order valence-electron chi connectivity index (χ4n) is 2.06. The SMILES string of the molecule is CC1CCN(S(=O)(=O)Nc2nc(Cl)ccc2[N+](=O)[O-])CC1. The van der Waals surface area contributed by atoms with E-state index in [2.05, 4.69) is 16.6 Å². The normalized spacial score (nSPS) is 17.6. The molecule has 116 valence electrons. The second-order valence-corrected chi connectivity index (χ2v) is 7.01. The Balaban J connectivity index is 2.24. The number of rotatable bonds is 4. The van der Waals surface area contributed by atoms with Gasteiger partial charge in [-0.25, -0.2) is 9.71 Å². The van der Waals surface area contributed by atoms with E-state index in [0.29, 0.717) is 19.0 Å². The molecule has 0 atom stereocenters. The van der Waals surface area contributed by atoms with E-state index in [1.54, 1.807) is 0 Å². The van der Waals surface area contributed by atoms with E-state index in [1.165, 1.54) is 10.4 Å². The van der Waals surface area contributed by atoms with Crippen LogP contribution in [0.3, 0.4) is 0 Å². The Labute approximate surface area is 127 Å². The number of piperidine rings is 1. The third kappa shape index (κ3) is 3.80. The summed E-state index contributed by atoms with van der Waals surface area (Å²) in [5.41, 5.74) is -0.437. The lowest BCUT2D eigenvalue weighted by Crippen LogP contribution is -2.41. The summed E-state index contributed by atoms with van der Waals surface area (Å²) in [5.74, 6) is 0.0983. The van der Waals surface area contributed by atoms with Gasteiger partial charge >= 0.3 is 15.9 Å². The molecule has 0 radical (unpaired) electrons. The van der Waals surface area contributed by atoms with Crippen molar-refractivity contribution in [2.24, 2.45) is 5.92 Å². The first-order valence-corrected chi connectivity index (χ1v) is 8.20. The zero-order valence-corrected chi connectivity index (χ0v) is 12.9. The minimum atomic E-state index is -3.87. The Hall–Kier alpha value is -1.45. The maximum atomic E-state index is 12.3. The van der Waals surface area contributed by atoms with Crippen LogP contribution in [0.1, 0.15) is 19.8 Å². The van der Waals surface area contributed by atoms with Gasteiger partial charge in [0.2, 0.25) is 5.82 Å². The molecule has 1 fully saturated rings. The summed E-state index contributed by atoms with van der Waals surface area (Å²) in [6, 6.07) is 2.35. The first-order chi connectivity index (χ1) is 9.79. The summed E-state index contributed by atoms with van der Waals surface area (Å²) < 4.78 is 27.9. The first-order valence-electron chi connectivity index (χ1n) is 6.38. The molecule has 21 heavy (non-hydrogen) atoms. The van der Waals surface area contributed by atoms with Gasteiger partial charge in [0.25, 0.3) is 0 Å². The molecule has 1 aliphatic heterocycles. The molecule has 2 heterocycles. The van der Waals surface area contributed by atoms with Gasteiger partial charge in [-0.3, -0.25) is 10.1 Å². The molecule has 1 aromatic rings. The minimum absolute atomic E-state index is 0.0226. The van der Waals surface area contributed by atoms with Gasteiger partial charge in [0.1, 0.15) is 5.15 Å². The van der Waals surface area contributed by atoms with Crippen molar-refractivity contribution < 1.29 is 13.3 Å². The average Bonchev–Trinajstić information content (AvgIpc) is 2.38. The Bertz CT molecular complexity index is 644. The molecule has 0 spiro atoms. The van der Waals surface area contributed by atoms with Crippen LogP contribution in [0.15, 0.2) is 12.1 Å². The van der Waals surface area contributed by atoms with E-state index in [1.807, 2.05) is 0 Å². The number of hydrogen-bond donors (Lipinski definition) is 1. The molecule has 0 aromatic carbocycles. The number of nitrogens with zero attached hydrogens (tertiary/aromatic N) is 3. The van der Waals surface area contributed by atoms with Crippen LogP contribution in [-0.4, -0.2) is 35.7 Å². The highest BCUT2D eigenvalue weighted by Crippen LogP contribution is 2.26. The summed E-state index contributed by atoms with van der Waals surface area (Å²) in [4.78, 5) is 13.9. The maximum Gasteiger partial charge on any atom is 0.312 e. The van der Waals surface area contributed by atoms with E-state index < -0.39 is 20.8 Å². The fourth-order valence-corrected chi connectivity index (χ4v) is 3.43. The molecular formula is C11H15ClN4O4S. The minimum Gasteiger partial charge on any atom is -0.258 e. The molecule has 2 rings (SSSR count). The molecular weight excluding hydrogens is 320 g/mol. The van der Waals surface area contributed by atoms with E-state index >= 15 is 0 Å². The van der Waals surface area contributed by atoms with E-state index in [4.69, 9.17) is 11.6 Å². The lowest BCUT2D eigenvalue weighted by Gasteiger charge is -2.29.